The number of hydrogen-bond acceptors (Lipinski definition) is 2. The van der Waals surface area contributed by atoms with Gasteiger partial charge in [0, 0.05) is 0 Å². The maximum absolute atomic E-state index is 11.1. The summed E-state index contributed by atoms with van der Waals surface area (Å²) in [6.07, 6.45) is 2.66. The Labute approximate surface area is 82.2 Å². The van der Waals surface area contributed by atoms with Gasteiger partial charge >= 0.3 is 11.9 Å². The van der Waals surface area contributed by atoms with Crippen LogP contribution in [0.25, 0.3) is 0 Å². The normalized spacial score (nSPS) is 25.3. The predicted molar refractivity (Wildman–Crippen MR) is 49.9 cm³/mol. The zero-order valence-corrected chi connectivity index (χ0v) is 8.28. The smallest absolute Gasteiger partial charge is 0.325 e. The van der Waals surface area contributed by atoms with Crippen LogP contribution in [0.4, 0.5) is 0 Å². The van der Waals surface area contributed by atoms with Crippen molar-refractivity contribution in [3.63, 3.8) is 0 Å². The van der Waals surface area contributed by atoms with Gasteiger partial charge in [0.2, 0.25) is 0 Å². The van der Waals surface area contributed by atoms with Crippen molar-refractivity contribution in [3.05, 3.63) is 11.6 Å². The van der Waals surface area contributed by atoms with Gasteiger partial charge in [-0.1, -0.05) is 13.0 Å². The third-order valence-corrected chi connectivity index (χ3v) is 2.88. The first-order valence-corrected chi connectivity index (χ1v) is 4.55. The summed E-state index contributed by atoms with van der Waals surface area (Å²) in [6, 6.07) is 0. The maximum Gasteiger partial charge on any atom is 0.325 e. The molecule has 1 aliphatic rings. The Morgan fingerprint density at radius 2 is 1.93 bits per heavy atom. The molecule has 0 spiro atoms. The van der Waals surface area contributed by atoms with Gasteiger partial charge in [-0.3, -0.25) is 9.59 Å². The average Bonchev–Trinajstić information content (AvgIpc) is 2.08. The van der Waals surface area contributed by atoms with Crippen LogP contribution in [-0.2, 0) is 9.59 Å². The van der Waals surface area contributed by atoms with E-state index in [1.807, 2.05) is 6.92 Å². The van der Waals surface area contributed by atoms with Gasteiger partial charge in [0.1, 0.15) is 0 Å². The molecule has 78 valence electrons. The topological polar surface area (TPSA) is 74.6 Å². The highest BCUT2D eigenvalue weighted by atomic mass is 16.4. The van der Waals surface area contributed by atoms with Gasteiger partial charge < -0.3 is 10.2 Å². The van der Waals surface area contributed by atoms with Crippen LogP contribution in [0.5, 0.6) is 0 Å². The molecule has 4 nitrogen and oxygen atoms in total. The molecular weight excluding hydrogens is 184 g/mol. The minimum absolute atomic E-state index is 0.103. The van der Waals surface area contributed by atoms with Gasteiger partial charge in [0.25, 0.3) is 0 Å². The second-order valence-electron chi connectivity index (χ2n) is 3.95. The van der Waals surface area contributed by atoms with E-state index in [9.17, 15) is 9.59 Å². The van der Waals surface area contributed by atoms with E-state index in [4.69, 9.17) is 10.2 Å². The number of allylic oxidation sites excluding steroid dienone is 1. The highest BCUT2D eigenvalue weighted by Gasteiger charge is 2.50. The zero-order valence-electron chi connectivity index (χ0n) is 8.28. The van der Waals surface area contributed by atoms with Crippen LogP contribution in [0.2, 0.25) is 0 Å². The number of carboxylic acid groups (broad SMARTS) is 2. The highest BCUT2D eigenvalue weighted by molar-refractivity contribution is 6.01. The fourth-order valence-electron chi connectivity index (χ4n) is 1.92. The molecule has 0 radical (unpaired) electrons. The molecule has 14 heavy (non-hydrogen) atoms. The molecule has 0 saturated heterocycles. The molecule has 0 fully saturated rings. The molecule has 1 unspecified atom stereocenters. The van der Waals surface area contributed by atoms with Gasteiger partial charge in [-0.25, -0.2) is 0 Å². The van der Waals surface area contributed by atoms with Gasteiger partial charge in [0.05, 0.1) is 0 Å². The third kappa shape index (κ3) is 1.41. The molecule has 0 aromatic carbocycles. The summed E-state index contributed by atoms with van der Waals surface area (Å²) < 4.78 is 0. The first-order valence-electron chi connectivity index (χ1n) is 4.55. The minimum atomic E-state index is -1.70. The molecule has 1 aliphatic carbocycles. The van der Waals surface area contributed by atoms with Crippen molar-refractivity contribution in [2.24, 2.45) is 11.3 Å². The fourth-order valence-corrected chi connectivity index (χ4v) is 1.92. The number of carboxylic acids is 2. The average molecular weight is 198 g/mol. The summed E-state index contributed by atoms with van der Waals surface area (Å²) in [7, 11) is 0. The van der Waals surface area contributed by atoms with Crippen molar-refractivity contribution in [2.45, 2.75) is 26.7 Å². The number of carbonyl (C=O) groups is 2. The lowest BCUT2D eigenvalue weighted by molar-refractivity contribution is -0.163. The van der Waals surface area contributed by atoms with Crippen LogP contribution in [-0.4, -0.2) is 22.2 Å². The maximum atomic E-state index is 11.1. The Balaban J connectivity index is 3.21. The zero-order chi connectivity index (χ0) is 10.9. The molecule has 0 amide bonds. The molecule has 4 heteroatoms. The monoisotopic (exact) mass is 198 g/mol. The van der Waals surface area contributed by atoms with E-state index in [0.717, 1.165) is 6.42 Å². The summed E-state index contributed by atoms with van der Waals surface area (Å²) in [6.45, 7) is 3.44. The van der Waals surface area contributed by atoms with E-state index >= 15 is 0 Å². The van der Waals surface area contributed by atoms with Crippen molar-refractivity contribution in [2.75, 3.05) is 0 Å². The summed E-state index contributed by atoms with van der Waals surface area (Å²) in [5.41, 5.74) is -1.26. The summed E-state index contributed by atoms with van der Waals surface area (Å²) >= 11 is 0. The van der Waals surface area contributed by atoms with Gasteiger partial charge in [0.15, 0.2) is 5.41 Å². The number of aliphatic carboxylic acids is 2. The molecule has 0 bridgehead atoms. The van der Waals surface area contributed by atoms with Crippen molar-refractivity contribution < 1.29 is 19.8 Å². The van der Waals surface area contributed by atoms with E-state index in [1.54, 1.807) is 13.0 Å². The van der Waals surface area contributed by atoms with Crippen LogP contribution < -0.4 is 0 Å². The summed E-state index contributed by atoms with van der Waals surface area (Å²) in [5, 5.41) is 18.1. The summed E-state index contributed by atoms with van der Waals surface area (Å²) in [5.74, 6) is -2.42. The molecule has 0 aliphatic heterocycles. The first kappa shape index (κ1) is 10.8. The van der Waals surface area contributed by atoms with Crippen molar-refractivity contribution >= 4 is 11.9 Å². The highest BCUT2D eigenvalue weighted by Crippen LogP contribution is 2.40. The standard InChI is InChI=1S/C10H14O4/c1-6-3-4-7(2)10(5-6,8(11)12)9(13)14/h4,6H,3,5H2,1-2H3,(H,11,12)(H,13,14). The Morgan fingerprint density at radius 3 is 2.29 bits per heavy atom. The third-order valence-electron chi connectivity index (χ3n) is 2.88. The number of hydrogen-bond donors (Lipinski definition) is 2. The van der Waals surface area contributed by atoms with E-state index in [-0.39, 0.29) is 12.3 Å². The minimum Gasteiger partial charge on any atom is -0.480 e. The Morgan fingerprint density at radius 1 is 1.43 bits per heavy atom. The second-order valence-corrected chi connectivity index (χ2v) is 3.95. The quantitative estimate of drug-likeness (QED) is 0.521. The van der Waals surface area contributed by atoms with Crippen molar-refractivity contribution in [1.82, 2.24) is 0 Å². The van der Waals surface area contributed by atoms with Gasteiger partial charge in [-0.2, -0.15) is 0 Å². The van der Waals surface area contributed by atoms with Crippen LogP contribution in [0.3, 0.4) is 0 Å². The van der Waals surface area contributed by atoms with Crippen LogP contribution in [0.1, 0.15) is 26.7 Å². The first-order chi connectivity index (χ1) is 6.41. The fraction of sp³-hybridized carbons (Fsp3) is 0.600. The van der Waals surface area contributed by atoms with Gasteiger partial charge in [-0.05, 0) is 31.3 Å². The molecular formula is C10H14O4. The molecule has 1 atom stereocenters. The van der Waals surface area contributed by atoms with Crippen LogP contribution >= 0.6 is 0 Å². The number of rotatable bonds is 2. The molecule has 0 heterocycles. The SMILES string of the molecule is CC1=CCC(C)CC1(C(=O)O)C(=O)O. The molecule has 0 aromatic rings. The largest absolute Gasteiger partial charge is 0.480 e. The second kappa shape index (κ2) is 3.44. The molecule has 2 N–H and O–H groups in total. The molecule has 1 rings (SSSR count). The Bertz CT molecular complexity index is 289. The molecule has 0 saturated carbocycles. The van der Waals surface area contributed by atoms with E-state index < -0.39 is 17.4 Å². The lowest BCUT2D eigenvalue weighted by Gasteiger charge is -2.32. The lowest BCUT2D eigenvalue weighted by Crippen LogP contribution is -2.43. The Hall–Kier alpha value is -1.32. The van der Waals surface area contributed by atoms with E-state index in [0.29, 0.717) is 5.57 Å². The van der Waals surface area contributed by atoms with Crippen molar-refractivity contribution in [1.29, 1.82) is 0 Å². The van der Waals surface area contributed by atoms with Gasteiger partial charge in [-0.15, -0.1) is 0 Å². The molecule has 0 aromatic heterocycles. The van der Waals surface area contributed by atoms with Crippen LogP contribution in [0.15, 0.2) is 11.6 Å². The van der Waals surface area contributed by atoms with Crippen molar-refractivity contribution in [3.8, 4) is 0 Å². The van der Waals surface area contributed by atoms with E-state index in [2.05, 4.69) is 0 Å². The Kier molecular flexibility index (Phi) is 2.64. The van der Waals surface area contributed by atoms with Crippen LogP contribution in [0, 0.1) is 11.3 Å². The summed E-state index contributed by atoms with van der Waals surface area (Å²) in [4.78, 5) is 22.1. The van der Waals surface area contributed by atoms with E-state index in [1.165, 1.54) is 0 Å². The predicted octanol–water partition coefficient (Wildman–Crippen LogP) is 1.52. The lowest BCUT2D eigenvalue weighted by atomic mass is 9.69.